The lowest BCUT2D eigenvalue weighted by molar-refractivity contribution is 0.318. The fraction of sp³-hybridized carbons (Fsp3) is 0.214. The smallest absolute Gasteiger partial charge is 0.173 e. The summed E-state index contributed by atoms with van der Waals surface area (Å²) in [5, 5.41) is 17.2. The monoisotopic (exact) mass is 369 g/mol. The number of halogens is 1. The van der Waals surface area contributed by atoms with Gasteiger partial charge in [-0.1, -0.05) is 11.2 Å². The summed E-state index contributed by atoms with van der Waals surface area (Å²) in [5.74, 6) is 0.621. The summed E-state index contributed by atoms with van der Waals surface area (Å²) >= 11 is 5.22. The molecule has 0 saturated carbocycles. The zero-order valence-electron chi connectivity index (χ0n) is 11.5. The van der Waals surface area contributed by atoms with Gasteiger partial charge in [-0.2, -0.15) is 0 Å². The molecule has 0 fully saturated rings. The lowest BCUT2D eigenvalue weighted by Crippen LogP contribution is -2.16. The normalized spacial score (nSPS) is 11.6. The molecule has 1 heterocycles. The second kappa shape index (κ2) is 7.44. The third-order valence-electron chi connectivity index (χ3n) is 2.96. The highest BCUT2D eigenvalue weighted by molar-refractivity contribution is 9.10. The molecule has 21 heavy (non-hydrogen) atoms. The molecule has 0 unspecified atom stereocenters. The second-order valence-corrected chi connectivity index (χ2v) is 6.17. The standard InChI is InChI=1S/C14H16BrN3O2S/c1-20-12-6-9(2-3-10(12)14(16)18-19)7-17-8-13-11(15)4-5-21-13/h2-6,17,19H,7-8H2,1H3,(H2,16,18). The van der Waals surface area contributed by atoms with Crippen molar-refractivity contribution in [2.24, 2.45) is 10.9 Å². The number of hydrogen-bond donors (Lipinski definition) is 3. The van der Waals surface area contributed by atoms with Crippen LogP contribution in [-0.4, -0.2) is 18.2 Å². The number of methoxy groups -OCH3 is 1. The number of hydrogen-bond acceptors (Lipinski definition) is 5. The molecule has 7 heteroatoms. The highest BCUT2D eigenvalue weighted by Crippen LogP contribution is 2.23. The molecule has 1 aromatic carbocycles. The zero-order chi connectivity index (χ0) is 15.2. The molecule has 1 aromatic heterocycles. The number of amidine groups is 1. The number of nitrogens with zero attached hydrogens (tertiary/aromatic N) is 1. The summed E-state index contributed by atoms with van der Waals surface area (Å²) in [7, 11) is 1.56. The first-order chi connectivity index (χ1) is 10.2. The van der Waals surface area contributed by atoms with Crippen LogP contribution in [0.3, 0.4) is 0 Å². The minimum atomic E-state index is 0.0360. The van der Waals surface area contributed by atoms with Gasteiger partial charge in [-0.25, -0.2) is 0 Å². The van der Waals surface area contributed by atoms with E-state index in [2.05, 4.69) is 31.8 Å². The molecule has 0 aliphatic heterocycles. The molecule has 0 amide bonds. The first-order valence-electron chi connectivity index (χ1n) is 6.23. The molecule has 0 saturated heterocycles. The zero-order valence-corrected chi connectivity index (χ0v) is 13.9. The fourth-order valence-electron chi connectivity index (χ4n) is 1.88. The quantitative estimate of drug-likeness (QED) is 0.316. The SMILES string of the molecule is COc1cc(CNCc2sccc2Br)ccc1/C(N)=N/O. The van der Waals surface area contributed by atoms with Crippen LogP contribution >= 0.6 is 27.3 Å². The maximum Gasteiger partial charge on any atom is 0.173 e. The number of thiophene rings is 1. The molecule has 112 valence electrons. The van der Waals surface area contributed by atoms with E-state index in [4.69, 9.17) is 15.7 Å². The largest absolute Gasteiger partial charge is 0.496 e. The van der Waals surface area contributed by atoms with Gasteiger partial charge in [-0.05, 0) is 45.1 Å². The van der Waals surface area contributed by atoms with Gasteiger partial charge in [-0.3, -0.25) is 0 Å². The van der Waals surface area contributed by atoms with E-state index in [1.54, 1.807) is 24.5 Å². The number of rotatable bonds is 6. The summed E-state index contributed by atoms with van der Waals surface area (Å²) in [5.41, 5.74) is 7.24. The van der Waals surface area contributed by atoms with Crippen LogP contribution in [0.25, 0.3) is 0 Å². The summed E-state index contributed by atoms with van der Waals surface area (Å²) < 4.78 is 6.40. The number of oxime groups is 1. The average molecular weight is 370 g/mol. The first kappa shape index (κ1) is 15.8. The Morgan fingerprint density at radius 2 is 2.24 bits per heavy atom. The van der Waals surface area contributed by atoms with Gasteiger partial charge in [-0.15, -0.1) is 11.3 Å². The Balaban J connectivity index is 2.02. The van der Waals surface area contributed by atoms with Gasteiger partial charge in [0.15, 0.2) is 5.84 Å². The number of nitrogens with two attached hydrogens (primary N) is 1. The summed E-state index contributed by atoms with van der Waals surface area (Å²) in [4.78, 5) is 1.26. The van der Waals surface area contributed by atoms with Crippen molar-refractivity contribution >= 4 is 33.1 Å². The minimum Gasteiger partial charge on any atom is -0.496 e. The Labute approximate surface area is 135 Å². The van der Waals surface area contributed by atoms with Crippen LogP contribution in [0.1, 0.15) is 16.0 Å². The highest BCUT2D eigenvalue weighted by Gasteiger charge is 2.09. The lowest BCUT2D eigenvalue weighted by Gasteiger charge is -2.10. The summed E-state index contributed by atoms with van der Waals surface area (Å²) in [6, 6.07) is 7.62. The molecule has 4 N–H and O–H groups in total. The van der Waals surface area contributed by atoms with Crippen molar-refractivity contribution in [3.05, 3.63) is 50.1 Å². The van der Waals surface area contributed by atoms with Crippen molar-refractivity contribution in [1.29, 1.82) is 0 Å². The van der Waals surface area contributed by atoms with E-state index in [1.165, 1.54) is 4.88 Å². The summed E-state index contributed by atoms with van der Waals surface area (Å²) in [6.07, 6.45) is 0. The summed E-state index contributed by atoms with van der Waals surface area (Å²) in [6.45, 7) is 1.50. The first-order valence-corrected chi connectivity index (χ1v) is 7.90. The molecule has 0 bridgehead atoms. The fourth-order valence-corrected chi connectivity index (χ4v) is 3.34. The highest BCUT2D eigenvalue weighted by atomic mass is 79.9. The van der Waals surface area contributed by atoms with Gasteiger partial charge in [0, 0.05) is 22.4 Å². The predicted molar refractivity (Wildman–Crippen MR) is 88.1 cm³/mol. The van der Waals surface area contributed by atoms with Gasteiger partial charge in [0.05, 0.1) is 12.7 Å². The Morgan fingerprint density at radius 3 is 2.86 bits per heavy atom. The van der Waals surface area contributed by atoms with Crippen LogP contribution < -0.4 is 15.8 Å². The Morgan fingerprint density at radius 1 is 1.43 bits per heavy atom. The van der Waals surface area contributed by atoms with Crippen molar-refractivity contribution in [2.75, 3.05) is 7.11 Å². The molecule has 0 aliphatic rings. The number of benzene rings is 1. The van der Waals surface area contributed by atoms with Gasteiger partial charge in [0.25, 0.3) is 0 Å². The molecular weight excluding hydrogens is 354 g/mol. The average Bonchev–Trinajstić information content (AvgIpc) is 2.91. The third-order valence-corrected chi connectivity index (χ3v) is 4.88. The van der Waals surface area contributed by atoms with Crippen LogP contribution in [0.4, 0.5) is 0 Å². The van der Waals surface area contributed by atoms with E-state index in [9.17, 15) is 0 Å². The van der Waals surface area contributed by atoms with Crippen molar-refractivity contribution in [1.82, 2.24) is 5.32 Å². The predicted octanol–water partition coefficient (Wildman–Crippen LogP) is 2.90. The molecule has 2 rings (SSSR count). The van der Waals surface area contributed by atoms with Crippen molar-refractivity contribution in [2.45, 2.75) is 13.1 Å². The maximum absolute atomic E-state index is 8.74. The van der Waals surface area contributed by atoms with Crippen LogP contribution in [-0.2, 0) is 13.1 Å². The number of ether oxygens (including phenoxy) is 1. The van der Waals surface area contributed by atoms with Gasteiger partial charge in [0.2, 0.25) is 0 Å². The molecule has 2 aromatic rings. The molecule has 0 spiro atoms. The maximum atomic E-state index is 8.74. The number of nitrogens with one attached hydrogen (secondary N) is 1. The van der Waals surface area contributed by atoms with E-state index >= 15 is 0 Å². The molecular formula is C14H16BrN3O2S. The van der Waals surface area contributed by atoms with Crippen molar-refractivity contribution in [3.63, 3.8) is 0 Å². The molecule has 0 radical (unpaired) electrons. The van der Waals surface area contributed by atoms with Gasteiger partial charge < -0.3 is 21.0 Å². The van der Waals surface area contributed by atoms with Gasteiger partial charge >= 0.3 is 0 Å². The van der Waals surface area contributed by atoms with Crippen LogP contribution in [0, 0.1) is 0 Å². The van der Waals surface area contributed by atoms with Crippen LogP contribution in [0.5, 0.6) is 5.75 Å². The van der Waals surface area contributed by atoms with Crippen LogP contribution in [0.15, 0.2) is 39.3 Å². The Hall–Kier alpha value is -1.57. The minimum absolute atomic E-state index is 0.0360. The van der Waals surface area contributed by atoms with E-state index in [1.807, 2.05) is 18.2 Å². The Kier molecular flexibility index (Phi) is 5.60. The van der Waals surface area contributed by atoms with Crippen molar-refractivity contribution in [3.8, 4) is 5.75 Å². The van der Waals surface area contributed by atoms with E-state index in [-0.39, 0.29) is 5.84 Å². The lowest BCUT2D eigenvalue weighted by atomic mass is 10.1. The molecule has 0 aliphatic carbocycles. The molecule has 5 nitrogen and oxygen atoms in total. The second-order valence-electron chi connectivity index (χ2n) is 4.32. The van der Waals surface area contributed by atoms with Gasteiger partial charge in [0.1, 0.15) is 5.75 Å². The van der Waals surface area contributed by atoms with E-state index in [0.717, 1.165) is 16.6 Å². The topological polar surface area (TPSA) is 79.9 Å². The van der Waals surface area contributed by atoms with Crippen LogP contribution in [0.2, 0.25) is 0 Å². The third kappa shape index (κ3) is 3.96. The Bertz CT molecular complexity index is 643. The van der Waals surface area contributed by atoms with Crippen molar-refractivity contribution < 1.29 is 9.94 Å². The van der Waals surface area contributed by atoms with E-state index in [0.29, 0.717) is 17.9 Å². The molecule has 0 atom stereocenters. The van der Waals surface area contributed by atoms with E-state index < -0.39 is 0 Å².